The summed E-state index contributed by atoms with van der Waals surface area (Å²) in [4.78, 5) is 32.2. The fourth-order valence-electron chi connectivity index (χ4n) is 6.39. The minimum Gasteiger partial charge on any atom is -0.352 e. The topological polar surface area (TPSA) is 91.2 Å². The minimum absolute atomic E-state index is 0.0937. The number of nitrogens with one attached hydrogen (secondary N) is 2. The Morgan fingerprint density at radius 1 is 1.14 bits per heavy atom. The molecule has 0 aromatic carbocycles. The van der Waals surface area contributed by atoms with Crippen molar-refractivity contribution in [2.24, 2.45) is 13.0 Å². The number of carbonyl (C=O) groups is 1. The van der Waals surface area contributed by atoms with Crippen molar-refractivity contribution in [3.05, 3.63) is 59.5 Å². The van der Waals surface area contributed by atoms with Crippen LogP contribution < -0.4 is 15.5 Å². The van der Waals surface area contributed by atoms with Crippen LogP contribution in [0.25, 0.3) is 22.3 Å². The van der Waals surface area contributed by atoms with Gasteiger partial charge in [-0.3, -0.25) is 9.78 Å². The molecule has 4 aromatic rings. The number of nitrogens with zero attached hydrogens (tertiary/aromatic N) is 6. The van der Waals surface area contributed by atoms with E-state index in [1.165, 1.54) is 6.42 Å². The maximum Gasteiger partial charge on any atom is 0.254 e. The molecule has 2 atom stereocenters. The monoisotopic (exact) mass is 494 g/mol. The highest BCUT2D eigenvalue weighted by Gasteiger charge is 2.40. The summed E-state index contributed by atoms with van der Waals surface area (Å²) < 4.78 is 1.99. The molecular formula is C28H30N8O. The predicted molar refractivity (Wildman–Crippen MR) is 144 cm³/mol. The molecule has 0 saturated carbocycles. The summed E-state index contributed by atoms with van der Waals surface area (Å²) in [5.41, 5.74) is 6.02. The van der Waals surface area contributed by atoms with E-state index in [-0.39, 0.29) is 5.91 Å². The molecule has 2 saturated heterocycles. The van der Waals surface area contributed by atoms with Crippen molar-refractivity contribution in [2.45, 2.75) is 25.9 Å². The van der Waals surface area contributed by atoms with E-state index in [2.05, 4.69) is 45.5 Å². The Bertz CT molecular complexity index is 1560. The second-order valence-electron chi connectivity index (χ2n) is 10.6. The Balaban J connectivity index is 1.26. The molecule has 37 heavy (non-hydrogen) atoms. The third-order valence-corrected chi connectivity index (χ3v) is 8.10. The Morgan fingerprint density at radius 2 is 2.03 bits per heavy atom. The van der Waals surface area contributed by atoms with Crippen LogP contribution >= 0.6 is 0 Å². The number of fused-ring (bicyclic) bond motifs is 3. The lowest BCUT2D eigenvalue weighted by Gasteiger charge is -2.26. The number of likely N-dealkylation sites (tertiary alicyclic amines) is 1. The highest BCUT2D eigenvalue weighted by Crippen LogP contribution is 2.37. The summed E-state index contributed by atoms with van der Waals surface area (Å²) in [6.07, 6.45) is 6.76. The fraction of sp³-hybridized carbons (Fsp3) is 0.357. The summed E-state index contributed by atoms with van der Waals surface area (Å²) in [5, 5.41) is 7.46. The van der Waals surface area contributed by atoms with Crippen LogP contribution in [-0.4, -0.2) is 63.0 Å². The molecule has 9 nitrogen and oxygen atoms in total. The van der Waals surface area contributed by atoms with Gasteiger partial charge in [0.05, 0.1) is 23.1 Å². The molecule has 7 rings (SSSR count). The average Bonchev–Trinajstić information content (AvgIpc) is 3.63. The van der Waals surface area contributed by atoms with Gasteiger partial charge in [-0.1, -0.05) is 0 Å². The fourth-order valence-corrected chi connectivity index (χ4v) is 6.39. The predicted octanol–water partition coefficient (Wildman–Crippen LogP) is 3.47. The summed E-state index contributed by atoms with van der Waals surface area (Å²) in [6.45, 7) is 5.81. The highest BCUT2D eigenvalue weighted by molar-refractivity contribution is 6.06. The normalized spacial score (nSPS) is 20.9. The van der Waals surface area contributed by atoms with Crippen molar-refractivity contribution in [1.29, 1.82) is 0 Å². The summed E-state index contributed by atoms with van der Waals surface area (Å²) in [5.74, 6) is 2.34. The molecule has 3 aliphatic heterocycles. The van der Waals surface area contributed by atoms with Crippen molar-refractivity contribution < 1.29 is 4.79 Å². The van der Waals surface area contributed by atoms with Gasteiger partial charge in [0.1, 0.15) is 17.3 Å². The molecule has 188 valence electrons. The first-order chi connectivity index (χ1) is 18.0. The molecule has 3 aliphatic rings. The van der Waals surface area contributed by atoms with Crippen LogP contribution in [0.5, 0.6) is 0 Å². The summed E-state index contributed by atoms with van der Waals surface area (Å²) in [7, 11) is 4.18. The van der Waals surface area contributed by atoms with E-state index in [4.69, 9.17) is 9.97 Å². The molecule has 2 fully saturated rings. The van der Waals surface area contributed by atoms with Gasteiger partial charge in [-0.15, -0.1) is 0 Å². The Kier molecular flexibility index (Phi) is 4.97. The zero-order valence-electron chi connectivity index (χ0n) is 21.3. The quantitative estimate of drug-likeness (QED) is 0.449. The smallest absolute Gasteiger partial charge is 0.254 e. The number of anilines is 3. The van der Waals surface area contributed by atoms with E-state index in [9.17, 15) is 4.79 Å². The van der Waals surface area contributed by atoms with Crippen LogP contribution in [-0.2, 0) is 13.6 Å². The third kappa shape index (κ3) is 3.56. The number of likely N-dealkylation sites (N-methyl/N-ethyl adjacent to an activating group) is 1. The van der Waals surface area contributed by atoms with Gasteiger partial charge in [-0.25, -0.2) is 9.97 Å². The molecule has 4 aromatic heterocycles. The van der Waals surface area contributed by atoms with Crippen LogP contribution in [0.3, 0.4) is 0 Å². The summed E-state index contributed by atoms with van der Waals surface area (Å²) >= 11 is 0. The van der Waals surface area contributed by atoms with E-state index in [0.29, 0.717) is 29.8 Å². The van der Waals surface area contributed by atoms with Crippen molar-refractivity contribution >= 4 is 34.3 Å². The minimum atomic E-state index is -0.0937. The molecule has 2 N–H and O–H groups in total. The first-order valence-corrected chi connectivity index (χ1v) is 12.9. The molecular weight excluding hydrogens is 464 g/mol. The number of pyridine rings is 3. The van der Waals surface area contributed by atoms with Crippen molar-refractivity contribution in [1.82, 2.24) is 29.7 Å². The van der Waals surface area contributed by atoms with Crippen molar-refractivity contribution in [2.75, 3.05) is 36.9 Å². The van der Waals surface area contributed by atoms with Gasteiger partial charge < -0.3 is 25.0 Å². The van der Waals surface area contributed by atoms with Gasteiger partial charge in [0.25, 0.3) is 5.91 Å². The van der Waals surface area contributed by atoms with E-state index >= 15 is 0 Å². The van der Waals surface area contributed by atoms with Crippen molar-refractivity contribution in [3.63, 3.8) is 0 Å². The molecule has 0 radical (unpaired) electrons. The second kappa shape index (κ2) is 8.27. The molecule has 0 spiro atoms. The number of hydrogen-bond donors (Lipinski definition) is 2. The number of aryl methyl sites for hydroxylation is 2. The van der Waals surface area contributed by atoms with Gasteiger partial charge in [-0.05, 0) is 56.1 Å². The number of hydrogen-bond acceptors (Lipinski definition) is 7. The van der Waals surface area contributed by atoms with E-state index < -0.39 is 0 Å². The number of aromatic nitrogens is 4. The molecule has 9 heteroatoms. The lowest BCUT2D eigenvalue weighted by molar-refractivity contribution is 0.0966. The van der Waals surface area contributed by atoms with Gasteiger partial charge >= 0.3 is 0 Å². The van der Waals surface area contributed by atoms with Gasteiger partial charge in [0.2, 0.25) is 0 Å². The second-order valence-corrected chi connectivity index (χ2v) is 10.6. The van der Waals surface area contributed by atoms with Crippen LogP contribution in [0, 0.1) is 12.8 Å². The maximum absolute atomic E-state index is 13.0. The zero-order valence-corrected chi connectivity index (χ0v) is 21.3. The maximum atomic E-state index is 13.0. The van der Waals surface area contributed by atoms with E-state index in [0.717, 1.165) is 64.7 Å². The Labute approximate surface area is 215 Å². The van der Waals surface area contributed by atoms with Gasteiger partial charge in [-0.2, -0.15) is 0 Å². The molecule has 7 heterocycles. The Morgan fingerprint density at radius 3 is 2.92 bits per heavy atom. The SMILES string of the molecule is Cc1cc(Nc2cnc(-c3ccnc4c3ccn4C)c3c2C(=O)NC3)nc(N2CC[C@H]3CN(C)C[C@H]32)c1. The number of carbonyl (C=O) groups excluding carboxylic acids is 1. The number of rotatable bonds is 4. The molecule has 0 unspecified atom stereocenters. The molecule has 0 aliphatic carbocycles. The standard InChI is InChI=1S/C28H30N8O/c1-16-10-23(33-24(11-16)36-9-5-17-14-34(2)15-22(17)36)32-21-13-30-26(20-12-31-28(37)25(20)21)18-4-7-29-27-19(18)6-8-35(27)3/h4,6-8,10-11,13,17,22H,5,9,12,14-15H2,1-3H3,(H,31,37)(H,32,33)/t17-,22+/m0/s1. The average molecular weight is 495 g/mol. The highest BCUT2D eigenvalue weighted by atomic mass is 16.1. The molecule has 1 amide bonds. The number of amides is 1. The largest absolute Gasteiger partial charge is 0.352 e. The van der Waals surface area contributed by atoms with Crippen molar-refractivity contribution in [3.8, 4) is 11.3 Å². The van der Waals surface area contributed by atoms with Crippen LogP contribution in [0.15, 0.2) is 42.9 Å². The van der Waals surface area contributed by atoms with Crippen LogP contribution in [0.2, 0.25) is 0 Å². The summed E-state index contributed by atoms with van der Waals surface area (Å²) in [6, 6.07) is 8.73. The zero-order chi connectivity index (χ0) is 25.3. The Hall–Kier alpha value is -3.98. The third-order valence-electron chi connectivity index (χ3n) is 8.10. The lowest BCUT2D eigenvalue weighted by atomic mass is 10.0. The van der Waals surface area contributed by atoms with Crippen LogP contribution in [0.1, 0.15) is 27.9 Å². The van der Waals surface area contributed by atoms with Gasteiger partial charge in [0.15, 0.2) is 0 Å². The van der Waals surface area contributed by atoms with E-state index in [1.807, 2.05) is 36.0 Å². The first kappa shape index (κ1) is 22.2. The molecule has 0 bridgehead atoms. The van der Waals surface area contributed by atoms with Crippen LogP contribution in [0.4, 0.5) is 17.3 Å². The van der Waals surface area contributed by atoms with Gasteiger partial charge in [0, 0.05) is 68.2 Å². The lowest BCUT2D eigenvalue weighted by Crippen LogP contribution is -2.35. The van der Waals surface area contributed by atoms with E-state index in [1.54, 1.807) is 12.4 Å². The first-order valence-electron chi connectivity index (χ1n) is 12.9.